The number of hydrogen-bond acceptors (Lipinski definition) is 7. The van der Waals surface area contributed by atoms with Crippen LogP contribution < -0.4 is 15.5 Å². The normalized spacial score (nSPS) is 16.1. The van der Waals surface area contributed by atoms with Gasteiger partial charge < -0.3 is 20.6 Å². The van der Waals surface area contributed by atoms with Crippen LogP contribution in [-0.2, 0) is 6.54 Å². The Morgan fingerprint density at radius 1 is 1.09 bits per heavy atom. The lowest BCUT2D eigenvalue weighted by Crippen LogP contribution is -2.35. The number of amides is 1. The third kappa shape index (κ3) is 3.54. The van der Waals surface area contributed by atoms with Crippen LogP contribution in [0.2, 0.25) is 0 Å². The molecule has 1 amide bonds. The van der Waals surface area contributed by atoms with Gasteiger partial charge in [0.15, 0.2) is 0 Å². The molecule has 34 heavy (non-hydrogen) atoms. The van der Waals surface area contributed by atoms with E-state index in [1.165, 1.54) is 0 Å². The number of nitrogens with zero attached hydrogens (tertiary/aromatic N) is 5. The van der Waals surface area contributed by atoms with Gasteiger partial charge in [-0.3, -0.25) is 14.2 Å². The second-order valence-corrected chi connectivity index (χ2v) is 8.88. The number of aliphatic hydroxyl groups excluding tert-OH is 1. The molecule has 0 radical (unpaired) electrons. The summed E-state index contributed by atoms with van der Waals surface area (Å²) in [5, 5.41) is 15.9. The molecule has 4 aromatic rings. The Hall–Kier alpha value is -3.98. The zero-order valence-corrected chi connectivity index (χ0v) is 18.8. The van der Waals surface area contributed by atoms with E-state index in [2.05, 4.69) is 25.5 Å². The van der Waals surface area contributed by atoms with Gasteiger partial charge in [-0.1, -0.05) is 0 Å². The number of carbonyl (C=O) groups is 1. The van der Waals surface area contributed by atoms with E-state index in [0.29, 0.717) is 23.6 Å². The average molecular weight is 456 g/mol. The molecule has 2 aliphatic rings. The Balaban J connectivity index is 1.31. The quantitative estimate of drug-likeness (QED) is 0.434. The van der Waals surface area contributed by atoms with Crippen molar-refractivity contribution in [3.8, 4) is 11.4 Å². The molecular formula is C25H25N7O2. The van der Waals surface area contributed by atoms with Gasteiger partial charge in [0, 0.05) is 31.4 Å². The Kier molecular flexibility index (Phi) is 4.91. The summed E-state index contributed by atoms with van der Waals surface area (Å²) in [7, 11) is 0. The van der Waals surface area contributed by atoms with Crippen LogP contribution >= 0.6 is 0 Å². The van der Waals surface area contributed by atoms with E-state index in [-0.39, 0.29) is 12.0 Å². The number of aromatic nitrogens is 4. The van der Waals surface area contributed by atoms with E-state index in [1.807, 2.05) is 48.0 Å². The van der Waals surface area contributed by atoms with Crippen LogP contribution in [0.3, 0.4) is 0 Å². The third-order valence-corrected chi connectivity index (χ3v) is 6.58. The van der Waals surface area contributed by atoms with Gasteiger partial charge in [-0.15, -0.1) is 0 Å². The summed E-state index contributed by atoms with van der Waals surface area (Å²) in [6.07, 6.45) is 8.62. The Labute approximate surface area is 196 Å². The molecule has 1 saturated heterocycles. The lowest BCUT2D eigenvalue weighted by molar-refractivity contribution is 0.0966. The summed E-state index contributed by atoms with van der Waals surface area (Å²) in [5.41, 5.74) is 6.66. The number of carbonyl (C=O) groups excluding carboxylic acids is 1. The Morgan fingerprint density at radius 3 is 2.74 bits per heavy atom. The molecule has 0 aromatic carbocycles. The van der Waals surface area contributed by atoms with Gasteiger partial charge in [0.2, 0.25) is 0 Å². The standard InChI is InChI=1S/C25H25N7O2/c1-15-4-9-32-20(14-27-22(32)10-15)24-18-12-29-25(34)23(18)19(13-28-24)30-21-3-2-16(11-26-21)31-7-5-17(33)6-8-31/h2-4,9-11,13-14,17,33H,5-8,12H2,1H3,(H,26,30)(H,29,34). The summed E-state index contributed by atoms with van der Waals surface area (Å²) in [5.74, 6) is 0.511. The molecule has 4 aromatic heterocycles. The monoisotopic (exact) mass is 455 g/mol. The summed E-state index contributed by atoms with van der Waals surface area (Å²) in [6.45, 7) is 4.08. The lowest BCUT2D eigenvalue weighted by atomic mass is 10.1. The summed E-state index contributed by atoms with van der Waals surface area (Å²) >= 11 is 0. The first kappa shape index (κ1) is 20.6. The maximum Gasteiger partial charge on any atom is 0.254 e. The van der Waals surface area contributed by atoms with Crippen LogP contribution in [0.25, 0.3) is 17.0 Å². The van der Waals surface area contributed by atoms with Crippen LogP contribution in [0.1, 0.15) is 34.3 Å². The molecule has 0 saturated carbocycles. The van der Waals surface area contributed by atoms with Crippen molar-refractivity contribution in [1.29, 1.82) is 0 Å². The summed E-state index contributed by atoms with van der Waals surface area (Å²) in [6, 6.07) is 7.96. The zero-order valence-electron chi connectivity index (χ0n) is 18.8. The second-order valence-electron chi connectivity index (χ2n) is 8.88. The summed E-state index contributed by atoms with van der Waals surface area (Å²) < 4.78 is 1.99. The first-order valence-corrected chi connectivity index (χ1v) is 11.5. The highest BCUT2D eigenvalue weighted by molar-refractivity contribution is 6.05. The smallest absolute Gasteiger partial charge is 0.254 e. The van der Waals surface area contributed by atoms with Crippen molar-refractivity contribution in [2.75, 3.05) is 23.3 Å². The molecule has 2 aliphatic heterocycles. The molecule has 3 N–H and O–H groups in total. The Bertz CT molecular complexity index is 1390. The number of piperidine rings is 1. The minimum atomic E-state index is -0.210. The predicted octanol–water partition coefficient (Wildman–Crippen LogP) is 3.05. The van der Waals surface area contributed by atoms with Crippen molar-refractivity contribution in [2.45, 2.75) is 32.4 Å². The number of aryl methyl sites for hydroxylation is 1. The molecule has 6 rings (SSSR count). The topological polar surface area (TPSA) is 108 Å². The second kappa shape index (κ2) is 8.11. The lowest BCUT2D eigenvalue weighted by Gasteiger charge is -2.31. The number of imidazole rings is 1. The van der Waals surface area contributed by atoms with E-state index < -0.39 is 0 Å². The molecule has 1 fully saturated rings. The SMILES string of the molecule is Cc1ccn2c(-c3ncc(Nc4ccc(N5CCC(O)CC5)cn4)c4c3CNC4=O)cnc2c1. The molecule has 172 valence electrons. The minimum Gasteiger partial charge on any atom is -0.393 e. The zero-order chi connectivity index (χ0) is 23.2. The summed E-state index contributed by atoms with van der Waals surface area (Å²) in [4.78, 5) is 28.8. The molecule has 0 bridgehead atoms. The molecule has 0 aliphatic carbocycles. The van der Waals surface area contributed by atoms with Crippen LogP contribution in [-0.4, -0.2) is 49.6 Å². The fourth-order valence-electron chi connectivity index (χ4n) is 4.72. The molecule has 9 nitrogen and oxygen atoms in total. The first-order chi connectivity index (χ1) is 16.6. The van der Waals surface area contributed by atoms with Crippen LogP contribution in [0.15, 0.2) is 49.1 Å². The highest BCUT2D eigenvalue weighted by Gasteiger charge is 2.28. The van der Waals surface area contributed by atoms with E-state index in [1.54, 1.807) is 12.4 Å². The van der Waals surface area contributed by atoms with E-state index in [0.717, 1.165) is 59.8 Å². The predicted molar refractivity (Wildman–Crippen MR) is 129 cm³/mol. The van der Waals surface area contributed by atoms with Gasteiger partial charge in [0.25, 0.3) is 5.91 Å². The fraction of sp³-hybridized carbons (Fsp3) is 0.280. The number of pyridine rings is 3. The van der Waals surface area contributed by atoms with Crippen molar-refractivity contribution in [2.24, 2.45) is 0 Å². The van der Waals surface area contributed by atoms with Crippen LogP contribution in [0.4, 0.5) is 17.2 Å². The third-order valence-electron chi connectivity index (χ3n) is 6.58. The number of fused-ring (bicyclic) bond motifs is 2. The largest absolute Gasteiger partial charge is 0.393 e. The molecule has 0 atom stereocenters. The van der Waals surface area contributed by atoms with Gasteiger partial charge in [-0.2, -0.15) is 0 Å². The first-order valence-electron chi connectivity index (χ1n) is 11.5. The maximum absolute atomic E-state index is 12.7. The number of rotatable bonds is 4. The molecular weight excluding hydrogens is 430 g/mol. The fourth-order valence-corrected chi connectivity index (χ4v) is 4.72. The van der Waals surface area contributed by atoms with Crippen molar-refractivity contribution >= 4 is 28.7 Å². The van der Waals surface area contributed by atoms with Crippen molar-refractivity contribution in [3.05, 3.63) is 65.7 Å². The van der Waals surface area contributed by atoms with E-state index in [9.17, 15) is 9.90 Å². The molecule has 6 heterocycles. The highest BCUT2D eigenvalue weighted by Crippen LogP contribution is 2.33. The molecule has 0 unspecified atom stereocenters. The number of aliphatic hydroxyl groups is 1. The number of nitrogens with one attached hydrogen (secondary N) is 2. The average Bonchev–Trinajstić information content (AvgIpc) is 3.44. The van der Waals surface area contributed by atoms with Gasteiger partial charge in [0.05, 0.1) is 53.0 Å². The van der Waals surface area contributed by atoms with Gasteiger partial charge in [0.1, 0.15) is 11.5 Å². The van der Waals surface area contributed by atoms with E-state index in [4.69, 9.17) is 4.98 Å². The highest BCUT2D eigenvalue weighted by atomic mass is 16.3. The van der Waals surface area contributed by atoms with E-state index >= 15 is 0 Å². The number of anilines is 3. The van der Waals surface area contributed by atoms with Gasteiger partial charge in [-0.25, -0.2) is 9.97 Å². The maximum atomic E-state index is 12.7. The van der Waals surface area contributed by atoms with Gasteiger partial charge in [-0.05, 0) is 49.6 Å². The Morgan fingerprint density at radius 2 is 1.94 bits per heavy atom. The molecule has 0 spiro atoms. The van der Waals surface area contributed by atoms with Crippen LogP contribution in [0, 0.1) is 6.92 Å². The van der Waals surface area contributed by atoms with Gasteiger partial charge >= 0.3 is 0 Å². The van der Waals surface area contributed by atoms with Crippen molar-refractivity contribution < 1.29 is 9.90 Å². The minimum absolute atomic E-state index is 0.130. The molecule has 9 heteroatoms. The van der Waals surface area contributed by atoms with Crippen molar-refractivity contribution in [3.63, 3.8) is 0 Å². The van der Waals surface area contributed by atoms with Crippen LogP contribution in [0.5, 0.6) is 0 Å². The number of hydrogen-bond donors (Lipinski definition) is 3. The van der Waals surface area contributed by atoms with Crippen molar-refractivity contribution in [1.82, 2.24) is 24.7 Å².